The predicted molar refractivity (Wildman–Crippen MR) is 113 cm³/mol. The minimum atomic E-state index is -3.65. The average Bonchev–Trinajstić information content (AvgIpc) is 3.10. The number of hydrogen-bond donors (Lipinski definition) is 1. The molecule has 0 saturated heterocycles. The fraction of sp³-hybridized carbons (Fsp3) is 0.286. The number of methoxy groups -OCH3 is 1. The summed E-state index contributed by atoms with van der Waals surface area (Å²) < 4.78 is 33.5. The first-order valence-electron chi connectivity index (χ1n) is 9.29. The number of thiazole rings is 1. The van der Waals surface area contributed by atoms with Crippen molar-refractivity contribution in [2.45, 2.75) is 37.5 Å². The van der Waals surface area contributed by atoms with Crippen molar-refractivity contribution < 1.29 is 13.2 Å². The molecule has 0 aliphatic heterocycles. The Bertz CT molecular complexity index is 1100. The van der Waals surface area contributed by atoms with Crippen LogP contribution in [-0.4, -0.2) is 20.5 Å². The van der Waals surface area contributed by atoms with E-state index in [1.165, 1.54) is 16.9 Å². The van der Waals surface area contributed by atoms with Crippen LogP contribution in [0.2, 0.25) is 0 Å². The molecule has 7 heteroatoms. The summed E-state index contributed by atoms with van der Waals surface area (Å²) in [6.45, 7) is 2.10. The lowest BCUT2D eigenvalue weighted by molar-refractivity contribution is 0.414. The molecule has 1 aliphatic carbocycles. The monoisotopic (exact) mass is 414 g/mol. The number of benzene rings is 2. The molecule has 3 aromatic rings. The van der Waals surface area contributed by atoms with Gasteiger partial charge in [0, 0.05) is 10.4 Å². The van der Waals surface area contributed by atoms with Crippen molar-refractivity contribution in [2.75, 3.05) is 11.8 Å². The van der Waals surface area contributed by atoms with E-state index in [1.807, 2.05) is 30.3 Å². The van der Waals surface area contributed by atoms with Crippen LogP contribution in [0.1, 0.15) is 29.3 Å². The Labute approximate surface area is 169 Å². The number of ether oxygens (including phenoxy) is 1. The molecule has 0 fully saturated rings. The van der Waals surface area contributed by atoms with Gasteiger partial charge in [-0.15, -0.1) is 11.3 Å². The molecule has 1 N–H and O–H groups in total. The molecule has 0 unspecified atom stereocenters. The molecule has 0 atom stereocenters. The highest BCUT2D eigenvalue weighted by molar-refractivity contribution is 7.93. The number of hydrogen-bond acceptors (Lipinski definition) is 5. The van der Waals surface area contributed by atoms with Crippen molar-refractivity contribution in [3.05, 3.63) is 58.5 Å². The van der Waals surface area contributed by atoms with Gasteiger partial charge in [-0.05, 0) is 60.7 Å². The van der Waals surface area contributed by atoms with Crippen LogP contribution >= 0.6 is 11.3 Å². The summed E-state index contributed by atoms with van der Waals surface area (Å²) in [5.41, 5.74) is 4.23. The van der Waals surface area contributed by atoms with E-state index < -0.39 is 10.0 Å². The lowest BCUT2D eigenvalue weighted by atomic mass is 9.93. The van der Waals surface area contributed by atoms with E-state index in [-0.39, 0.29) is 4.90 Å². The molecule has 0 saturated carbocycles. The van der Waals surface area contributed by atoms with Gasteiger partial charge in [-0.3, -0.25) is 4.72 Å². The Kier molecular flexibility index (Phi) is 5.12. The molecule has 2 aromatic carbocycles. The molecule has 4 rings (SSSR count). The number of nitrogens with one attached hydrogen (secondary N) is 1. The summed E-state index contributed by atoms with van der Waals surface area (Å²) in [7, 11) is -2.00. The van der Waals surface area contributed by atoms with Crippen LogP contribution in [0.15, 0.2) is 47.4 Å². The first-order chi connectivity index (χ1) is 13.5. The second-order valence-corrected chi connectivity index (χ2v) is 9.58. The fourth-order valence-corrected chi connectivity index (χ4v) is 5.67. The Morgan fingerprint density at radius 1 is 1.14 bits per heavy atom. The van der Waals surface area contributed by atoms with E-state index in [0.29, 0.717) is 5.13 Å². The lowest BCUT2D eigenvalue weighted by Gasteiger charge is -2.15. The van der Waals surface area contributed by atoms with Crippen LogP contribution in [0.25, 0.3) is 11.3 Å². The maximum absolute atomic E-state index is 12.8. The van der Waals surface area contributed by atoms with Gasteiger partial charge in [-0.25, -0.2) is 13.4 Å². The Hall–Kier alpha value is -2.38. The molecule has 0 amide bonds. The van der Waals surface area contributed by atoms with Crippen LogP contribution in [0.4, 0.5) is 5.13 Å². The molecule has 5 nitrogen and oxygen atoms in total. The second kappa shape index (κ2) is 7.56. The summed E-state index contributed by atoms with van der Waals surface area (Å²) in [5.74, 6) is 0.824. The van der Waals surface area contributed by atoms with Crippen molar-refractivity contribution in [1.29, 1.82) is 0 Å². The highest BCUT2D eigenvalue weighted by Gasteiger charge is 2.23. The standard InChI is InChI=1S/C21H22N2O3S2/c1-3-4-14-5-9-17(10-6-14)28(24,25)23-21-22-20-18-11-8-16(26-2)13-15(18)7-12-19(20)27-21/h5-6,8-11,13H,3-4,7,12H2,1-2H3,(H,22,23). The lowest BCUT2D eigenvalue weighted by Crippen LogP contribution is -2.12. The molecule has 0 radical (unpaired) electrons. The number of rotatable bonds is 6. The van der Waals surface area contributed by atoms with Gasteiger partial charge in [-0.1, -0.05) is 25.5 Å². The smallest absolute Gasteiger partial charge is 0.263 e. The third-order valence-electron chi connectivity index (χ3n) is 4.88. The SMILES string of the molecule is CCCc1ccc(S(=O)(=O)Nc2nc3c(s2)CCc2cc(OC)ccc2-3)cc1. The number of aryl methyl sites for hydroxylation is 3. The zero-order valence-corrected chi connectivity index (χ0v) is 17.5. The summed E-state index contributed by atoms with van der Waals surface area (Å²) >= 11 is 1.41. The highest BCUT2D eigenvalue weighted by atomic mass is 32.2. The van der Waals surface area contributed by atoms with E-state index in [1.54, 1.807) is 19.2 Å². The van der Waals surface area contributed by atoms with E-state index in [9.17, 15) is 8.42 Å². The zero-order chi connectivity index (χ0) is 19.7. The van der Waals surface area contributed by atoms with Crippen molar-refractivity contribution in [1.82, 2.24) is 4.98 Å². The third-order valence-corrected chi connectivity index (χ3v) is 7.39. The molecule has 0 bridgehead atoms. The van der Waals surface area contributed by atoms with Crippen LogP contribution in [0, 0.1) is 0 Å². The molecular formula is C21H22N2O3S2. The van der Waals surface area contributed by atoms with Crippen molar-refractivity contribution in [2.24, 2.45) is 0 Å². The first-order valence-corrected chi connectivity index (χ1v) is 11.6. The van der Waals surface area contributed by atoms with Gasteiger partial charge in [0.05, 0.1) is 17.7 Å². The zero-order valence-electron chi connectivity index (χ0n) is 15.9. The first kappa shape index (κ1) is 19.0. The summed E-state index contributed by atoms with van der Waals surface area (Å²) in [6.07, 6.45) is 3.72. The maximum atomic E-state index is 12.8. The topological polar surface area (TPSA) is 68.3 Å². The molecule has 28 heavy (non-hydrogen) atoms. The largest absolute Gasteiger partial charge is 0.497 e. The minimum Gasteiger partial charge on any atom is -0.497 e. The second-order valence-electron chi connectivity index (χ2n) is 6.81. The van der Waals surface area contributed by atoms with Crippen molar-refractivity contribution in [3.8, 4) is 17.0 Å². The summed E-state index contributed by atoms with van der Waals surface area (Å²) in [5, 5.41) is 0.409. The summed E-state index contributed by atoms with van der Waals surface area (Å²) in [6, 6.07) is 13.0. The molecule has 0 spiro atoms. The van der Waals surface area contributed by atoms with Crippen LogP contribution in [-0.2, 0) is 29.3 Å². The molecule has 1 aliphatic rings. The quantitative estimate of drug-likeness (QED) is 0.636. The van der Waals surface area contributed by atoms with E-state index in [0.717, 1.165) is 53.1 Å². The van der Waals surface area contributed by atoms with Crippen LogP contribution in [0.5, 0.6) is 5.75 Å². The van der Waals surface area contributed by atoms with Gasteiger partial charge in [0.15, 0.2) is 5.13 Å². The Balaban J connectivity index is 1.60. The number of fused-ring (bicyclic) bond motifs is 3. The predicted octanol–water partition coefficient (Wildman–Crippen LogP) is 4.67. The summed E-state index contributed by atoms with van der Waals surface area (Å²) in [4.78, 5) is 5.95. The van der Waals surface area contributed by atoms with Crippen LogP contribution in [0.3, 0.4) is 0 Å². The third kappa shape index (κ3) is 3.64. The maximum Gasteiger partial charge on any atom is 0.263 e. The number of nitrogens with zero attached hydrogens (tertiary/aromatic N) is 1. The van der Waals surface area contributed by atoms with Crippen LogP contribution < -0.4 is 9.46 Å². The fourth-order valence-electron chi connectivity index (χ4n) is 3.46. The number of aromatic nitrogens is 1. The molecule has 146 valence electrons. The average molecular weight is 415 g/mol. The normalized spacial score (nSPS) is 12.9. The number of sulfonamides is 1. The van der Waals surface area contributed by atoms with Gasteiger partial charge in [0.25, 0.3) is 10.0 Å². The number of anilines is 1. The van der Waals surface area contributed by atoms with E-state index in [4.69, 9.17) is 4.74 Å². The highest BCUT2D eigenvalue weighted by Crippen LogP contribution is 2.39. The molecule has 1 aromatic heterocycles. The van der Waals surface area contributed by atoms with Crippen molar-refractivity contribution >= 4 is 26.5 Å². The molecular weight excluding hydrogens is 392 g/mol. The van der Waals surface area contributed by atoms with Gasteiger partial charge in [0.1, 0.15) is 5.75 Å². The van der Waals surface area contributed by atoms with Gasteiger partial charge in [-0.2, -0.15) is 0 Å². The Morgan fingerprint density at radius 3 is 2.64 bits per heavy atom. The van der Waals surface area contributed by atoms with Crippen molar-refractivity contribution in [3.63, 3.8) is 0 Å². The van der Waals surface area contributed by atoms with E-state index >= 15 is 0 Å². The van der Waals surface area contributed by atoms with E-state index in [2.05, 4.69) is 16.6 Å². The van der Waals surface area contributed by atoms with Gasteiger partial charge < -0.3 is 4.74 Å². The van der Waals surface area contributed by atoms with Gasteiger partial charge in [0.2, 0.25) is 0 Å². The molecule has 1 heterocycles. The van der Waals surface area contributed by atoms with Gasteiger partial charge >= 0.3 is 0 Å². The minimum absolute atomic E-state index is 0.255. The Morgan fingerprint density at radius 2 is 1.93 bits per heavy atom.